The van der Waals surface area contributed by atoms with Gasteiger partial charge in [0.1, 0.15) is 30.2 Å². The van der Waals surface area contributed by atoms with Crippen molar-refractivity contribution in [3.05, 3.63) is 0 Å². The van der Waals surface area contributed by atoms with Crippen molar-refractivity contribution in [2.75, 3.05) is 13.1 Å². The van der Waals surface area contributed by atoms with E-state index in [9.17, 15) is 43.8 Å². The molecule has 5 amide bonds. The number of carbonyl (C=O) groups excluding carboxylic acids is 5. The molecule has 1 heterocycles. The van der Waals surface area contributed by atoms with Gasteiger partial charge in [-0.25, -0.2) is 4.79 Å². The van der Waals surface area contributed by atoms with Crippen LogP contribution in [0.1, 0.15) is 86.5 Å². The highest BCUT2D eigenvalue weighted by Crippen LogP contribution is 2.20. The van der Waals surface area contributed by atoms with Gasteiger partial charge in [-0.2, -0.15) is 0 Å². The highest BCUT2D eigenvalue weighted by molar-refractivity contribution is 5.97. The lowest BCUT2D eigenvalue weighted by atomic mass is 9.98. The lowest BCUT2D eigenvalue weighted by Gasteiger charge is -2.31. The van der Waals surface area contributed by atoms with E-state index in [0.29, 0.717) is 32.2 Å². The molecule has 1 fully saturated rings. The molecule has 16 heteroatoms. The molecule has 1 aliphatic heterocycles. The van der Waals surface area contributed by atoms with E-state index in [1.54, 1.807) is 27.7 Å². The van der Waals surface area contributed by atoms with Gasteiger partial charge in [-0.1, -0.05) is 41.5 Å². The van der Waals surface area contributed by atoms with Crippen LogP contribution in [-0.2, 0) is 33.6 Å². The van der Waals surface area contributed by atoms with E-state index in [-0.39, 0.29) is 31.2 Å². The largest absolute Gasteiger partial charge is 0.481 e. The number of nitrogens with two attached hydrogens (primary N) is 2. The van der Waals surface area contributed by atoms with Crippen LogP contribution in [0.4, 0.5) is 0 Å². The van der Waals surface area contributed by atoms with Crippen LogP contribution in [0.25, 0.3) is 0 Å². The van der Waals surface area contributed by atoms with E-state index in [1.807, 2.05) is 13.8 Å². The van der Waals surface area contributed by atoms with Crippen LogP contribution in [0.3, 0.4) is 0 Å². The Balaban J connectivity index is 3.12. The van der Waals surface area contributed by atoms with E-state index < -0.39 is 90.1 Å². The molecule has 0 aliphatic carbocycles. The normalized spacial score (nSPS) is 17.9. The van der Waals surface area contributed by atoms with Crippen molar-refractivity contribution in [2.45, 2.75) is 123 Å². The third-order valence-electron chi connectivity index (χ3n) is 7.95. The lowest BCUT2D eigenvalue weighted by Crippen LogP contribution is -2.61. The first-order valence-electron chi connectivity index (χ1n) is 16.3. The second kappa shape index (κ2) is 19.8. The summed E-state index contributed by atoms with van der Waals surface area (Å²) >= 11 is 0. The number of amides is 5. The molecule has 1 aliphatic rings. The average Bonchev–Trinajstić information content (AvgIpc) is 3.46. The molecule has 0 aromatic rings. The summed E-state index contributed by atoms with van der Waals surface area (Å²) in [5.41, 5.74) is 11.5. The van der Waals surface area contributed by atoms with Crippen LogP contribution in [0.5, 0.6) is 0 Å². The average molecular weight is 670 g/mol. The van der Waals surface area contributed by atoms with Gasteiger partial charge in [0, 0.05) is 6.54 Å². The fourth-order valence-electron chi connectivity index (χ4n) is 5.35. The Labute approximate surface area is 276 Å². The number of nitrogens with zero attached hydrogens (tertiary/aromatic N) is 1. The summed E-state index contributed by atoms with van der Waals surface area (Å²) in [7, 11) is 0. The zero-order valence-electron chi connectivity index (χ0n) is 28.4. The highest BCUT2D eigenvalue weighted by atomic mass is 16.4. The third kappa shape index (κ3) is 13.5. The Morgan fingerprint density at radius 2 is 1.34 bits per heavy atom. The molecule has 1 saturated heterocycles. The quantitative estimate of drug-likeness (QED) is 0.0751. The fourth-order valence-corrected chi connectivity index (χ4v) is 5.35. The molecule has 6 atom stereocenters. The van der Waals surface area contributed by atoms with E-state index in [2.05, 4.69) is 21.3 Å². The molecule has 1 rings (SSSR count). The van der Waals surface area contributed by atoms with E-state index >= 15 is 0 Å². The number of hydrogen-bond donors (Lipinski definition) is 8. The molecule has 16 nitrogen and oxygen atoms in total. The maximum atomic E-state index is 13.6. The molecule has 0 unspecified atom stereocenters. The van der Waals surface area contributed by atoms with Crippen LogP contribution in [0.15, 0.2) is 0 Å². The molecule has 10 N–H and O–H groups in total. The van der Waals surface area contributed by atoms with Crippen molar-refractivity contribution >= 4 is 41.5 Å². The van der Waals surface area contributed by atoms with Gasteiger partial charge in [-0.05, 0) is 62.8 Å². The maximum Gasteiger partial charge on any atom is 0.326 e. The predicted octanol–water partition coefficient (Wildman–Crippen LogP) is -0.710. The third-order valence-corrected chi connectivity index (χ3v) is 7.95. The van der Waals surface area contributed by atoms with Crippen LogP contribution in [0, 0.1) is 17.8 Å². The van der Waals surface area contributed by atoms with Crippen molar-refractivity contribution in [1.29, 1.82) is 0 Å². The first-order valence-corrected chi connectivity index (χ1v) is 16.3. The fraction of sp³-hybridized carbons (Fsp3) is 0.774. The van der Waals surface area contributed by atoms with E-state index in [4.69, 9.17) is 11.5 Å². The van der Waals surface area contributed by atoms with Crippen LogP contribution in [-0.4, -0.2) is 106 Å². The Morgan fingerprint density at radius 3 is 1.83 bits per heavy atom. The summed E-state index contributed by atoms with van der Waals surface area (Å²) in [6.45, 7) is 11.0. The smallest absolute Gasteiger partial charge is 0.326 e. The van der Waals surface area contributed by atoms with Gasteiger partial charge in [0.15, 0.2) is 0 Å². The minimum Gasteiger partial charge on any atom is -0.481 e. The number of likely N-dealkylation sites (tertiary alicyclic amines) is 1. The number of aliphatic carboxylic acids is 2. The minimum absolute atomic E-state index is 0.0902. The van der Waals surface area contributed by atoms with E-state index in [0.717, 1.165) is 4.90 Å². The monoisotopic (exact) mass is 669 g/mol. The highest BCUT2D eigenvalue weighted by Gasteiger charge is 2.40. The van der Waals surface area contributed by atoms with Crippen molar-refractivity contribution in [2.24, 2.45) is 29.2 Å². The molecule has 0 spiro atoms. The zero-order valence-corrected chi connectivity index (χ0v) is 28.4. The second-order valence-electron chi connectivity index (χ2n) is 13.2. The number of carboxylic acid groups (broad SMARTS) is 2. The standard InChI is InChI=1S/C31H55N7O9/c1-16(2)14-19(33)26(41)36-25(18(5)6)29(44)37-24(17(3)4)28(43)35-21(15-23(39)40)30(45)38-13-9-11-22(38)27(42)34-20(31(46)47)10-7-8-12-32/h16-22,24-25H,7-15,32-33H2,1-6H3,(H,34,42)(H,35,43)(H,36,41)(H,37,44)(H,39,40)(H,46,47)/t19-,20-,21-,22-,24-,25-/m0/s1. The van der Waals surface area contributed by atoms with Gasteiger partial charge in [0.05, 0.1) is 12.5 Å². The molecule has 0 aromatic carbocycles. The number of rotatable bonds is 20. The Bertz CT molecular complexity index is 1110. The first-order chi connectivity index (χ1) is 21.9. The molecule has 268 valence electrons. The summed E-state index contributed by atoms with van der Waals surface area (Å²) in [6.07, 6.45) is 1.40. The van der Waals surface area contributed by atoms with Gasteiger partial charge in [0.25, 0.3) is 0 Å². The number of unbranched alkanes of at least 4 members (excludes halogenated alkanes) is 1. The first kappa shape index (κ1) is 41.2. The van der Waals surface area contributed by atoms with Crippen LogP contribution < -0.4 is 32.7 Å². The predicted molar refractivity (Wildman–Crippen MR) is 172 cm³/mol. The van der Waals surface area contributed by atoms with Crippen molar-refractivity contribution in [3.8, 4) is 0 Å². The molecule has 0 aromatic heterocycles. The van der Waals surface area contributed by atoms with Crippen LogP contribution >= 0.6 is 0 Å². The van der Waals surface area contributed by atoms with Gasteiger partial charge in [0.2, 0.25) is 29.5 Å². The van der Waals surface area contributed by atoms with Gasteiger partial charge in [-0.15, -0.1) is 0 Å². The Morgan fingerprint density at radius 1 is 0.787 bits per heavy atom. The molecule has 0 radical (unpaired) electrons. The van der Waals surface area contributed by atoms with Gasteiger partial charge < -0.3 is 47.8 Å². The number of hydrogen-bond acceptors (Lipinski definition) is 9. The van der Waals surface area contributed by atoms with Crippen molar-refractivity contribution < 1.29 is 43.8 Å². The summed E-state index contributed by atoms with van der Waals surface area (Å²) in [4.78, 5) is 90.8. The van der Waals surface area contributed by atoms with Gasteiger partial charge >= 0.3 is 11.9 Å². The SMILES string of the molecule is CC(C)C[C@H](N)C(=O)N[C@H](C(=O)N[C@H](C(=O)N[C@@H](CC(=O)O)C(=O)N1CCC[C@H]1C(=O)N[C@@H](CCCCN)C(=O)O)C(C)C)C(C)C. The number of carbonyl (C=O) groups is 7. The zero-order chi connectivity index (χ0) is 36.0. The Kier molecular flexibility index (Phi) is 17.3. The van der Waals surface area contributed by atoms with Crippen LogP contribution in [0.2, 0.25) is 0 Å². The summed E-state index contributed by atoms with van der Waals surface area (Å²) in [5.74, 6) is -6.88. The summed E-state index contributed by atoms with van der Waals surface area (Å²) in [6, 6.07) is -6.91. The second-order valence-corrected chi connectivity index (χ2v) is 13.2. The number of carboxylic acids is 2. The lowest BCUT2D eigenvalue weighted by molar-refractivity contribution is -0.147. The van der Waals surface area contributed by atoms with E-state index in [1.165, 1.54) is 0 Å². The number of nitrogens with one attached hydrogen (secondary N) is 4. The molecular formula is C31H55N7O9. The molecule has 0 saturated carbocycles. The molecule has 47 heavy (non-hydrogen) atoms. The topological polar surface area (TPSA) is 263 Å². The maximum absolute atomic E-state index is 13.6. The Hall–Kier alpha value is -3.79. The molecule has 0 bridgehead atoms. The minimum atomic E-state index is -1.58. The molecular weight excluding hydrogens is 614 g/mol. The summed E-state index contributed by atoms with van der Waals surface area (Å²) in [5, 5.41) is 29.3. The van der Waals surface area contributed by atoms with Crippen molar-refractivity contribution in [3.63, 3.8) is 0 Å². The summed E-state index contributed by atoms with van der Waals surface area (Å²) < 4.78 is 0. The van der Waals surface area contributed by atoms with Crippen molar-refractivity contribution in [1.82, 2.24) is 26.2 Å². The van der Waals surface area contributed by atoms with Gasteiger partial charge in [-0.3, -0.25) is 28.8 Å².